The van der Waals surface area contributed by atoms with E-state index in [0.717, 1.165) is 37.1 Å². The van der Waals surface area contributed by atoms with E-state index in [1.807, 2.05) is 36.9 Å². The van der Waals surface area contributed by atoms with Crippen LogP contribution in [0, 0.1) is 17.8 Å². The molecule has 0 bridgehead atoms. The molecule has 4 atom stereocenters. The van der Waals surface area contributed by atoms with E-state index in [2.05, 4.69) is 10.3 Å². The number of aliphatic hydroxyl groups excluding tert-OH is 1. The number of nitrogens with one attached hydrogen (secondary N) is 1. The van der Waals surface area contributed by atoms with Crippen molar-refractivity contribution in [1.29, 1.82) is 0 Å². The zero-order valence-corrected chi connectivity index (χ0v) is 21.0. The van der Waals surface area contributed by atoms with Crippen molar-refractivity contribution in [3.8, 4) is 0 Å². The second-order valence-corrected chi connectivity index (χ2v) is 10.3. The van der Waals surface area contributed by atoms with Gasteiger partial charge in [0.2, 0.25) is 11.8 Å². The van der Waals surface area contributed by atoms with Gasteiger partial charge in [-0.05, 0) is 31.9 Å². The van der Waals surface area contributed by atoms with E-state index < -0.39 is 18.0 Å². The van der Waals surface area contributed by atoms with E-state index in [1.54, 1.807) is 27.9 Å². The van der Waals surface area contributed by atoms with Gasteiger partial charge in [0.1, 0.15) is 6.04 Å². The molecule has 0 aromatic carbocycles. The van der Waals surface area contributed by atoms with Crippen LogP contribution in [0.15, 0.2) is 35.5 Å². The highest BCUT2D eigenvalue weighted by atomic mass is 16.3. The molecule has 2 aromatic heterocycles. The quantitative estimate of drug-likeness (QED) is 0.610. The lowest BCUT2D eigenvalue weighted by molar-refractivity contribution is -0.144. The lowest BCUT2D eigenvalue weighted by Crippen LogP contribution is -2.52. The van der Waals surface area contributed by atoms with Gasteiger partial charge in [0.25, 0.3) is 5.56 Å². The predicted octanol–water partition coefficient (Wildman–Crippen LogP) is 1.65. The number of pyridine rings is 1. The van der Waals surface area contributed by atoms with Crippen LogP contribution in [0.3, 0.4) is 0 Å². The number of hydrogen-bond acceptors (Lipinski definition) is 5. The Bertz CT molecular complexity index is 1220. The number of aryl methyl sites for hydroxylation is 1. The molecule has 9 heteroatoms. The maximum Gasteiger partial charge on any atom is 0.258 e. The fourth-order valence-electron chi connectivity index (χ4n) is 6.45. The van der Waals surface area contributed by atoms with Gasteiger partial charge in [-0.3, -0.25) is 14.4 Å². The average Bonchev–Trinajstić information content (AvgIpc) is 3.64. The van der Waals surface area contributed by atoms with Crippen molar-refractivity contribution in [2.24, 2.45) is 24.8 Å². The fraction of sp³-hybridized carbons (Fsp3) is 0.556. The molecule has 36 heavy (non-hydrogen) atoms. The molecule has 2 aliphatic heterocycles. The summed E-state index contributed by atoms with van der Waals surface area (Å²) in [5.41, 5.74) is 2.14. The van der Waals surface area contributed by atoms with Crippen LogP contribution < -0.4 is 10.9 Å². The fourth-order valence-corrected chi connectivity index (χ4v) is 6.45. The van der Waals surface area contributed by atoms with Crippen LogP contribution >= 0.6 is 0 Å². The smallest absolute Gasteiger partial charge is 0.258 e. The van der Waals surface area contributed by atoms with Crippen molar-refractivity contribution < 1.29 is 14.7 Å². The maximum atomic E-state index is 13.9. The van der Waals surface area contributed by atoms with Crippen LogP contribution in [0.2, 0.25) is 0 Å². The minimum absolute atomic E-state index is 0.0262. The molecule has 5 rings (SSSR count). The van der Waals surface area contributed by atoms with E-state index in [9.17, 15) is 19.5 Å². The third-order valence-corrected chi connectivity index (χ3v) is 8.12. The molecule has 2 aromatic rings. The third kappa shape index (κ3) is 4.19. The number of carbonyl (C=O) groups excluding carboxylic acids is 2. The second-order valence-electron chi connectivity index (χ2n) is 10.3. The van der Waals surface area contributed by atoms with E-state index in [-0.39, 0.29) is 35.8 Å². The summed E-state index contributed by atoms with van der Waals surface area (Å²) in [7, 11) is 1.90. The molecule has 192 valence electrons. The summed E-state index contributed by atoms with van der Waals surface area (Å²) in [5.74, 6) is -1.03. The minimum Gasteiger partial charge on any atom is -0.396 e. The van der Waals surface area contributed by atoms with Crippen molar-refractivity contribution in [3.05, 3.63) is 58.0 Å². The summed E-state index contributed by atoms with van der Waals surface area (Å²) in [5, 5.41) is 13.5. The SMILES string of the molecule is C/C=C\c1ccc2n(c1=O)C[C@@H]1[C@@H](CO)[C@H](C(=O)NCCc3cn(C)cn3)N(C(=O)C3CCCC3)[C@H]21. The number of amides is 2. The van der Waals surface area contributed by atoms with Gasteiger partial charge in [-0.25, -0.2) is 4.98 Å². The summed E-state index contributed by atoms with van der Waals surface area (Å²) in [6.45, 7) is 2.43. The average molecular weight is 494 g/mol. The van der Waals surface area contributed by atoms with Gasteiger partial charge in [-0.2, -0.15) is 0 Å². The third-order valence-electron chi connectivity index (χ3n) is 8.12. The Morgan fingerprint density at radius 1 is 1.25 bits per heavy atom. The van der Waals surface area contributed by atoms with Crippen LogP contribution in [-0.4, -0.2) is 55.1 Å². The zero-order chi connectivity index (χ0) is 25.4. The number of hydrogen-bond donors (Lipinski definition) is 2. The molecule has 1 saturated carbocycles. The summed E-state index contributed by atoms with van der Waals surface area (Å²) in [4.78, 5) is 46.6. The molecule has 1 saturated heterocycles. The molecule has 2 fully saturated rings. The molecule has 4 heterocycles. The number of fused-ring (bicyclic) bond motifs is 3. The Morgan fingerprint density at radius 3 is 2.69 bits per heavy atom. The first kappa shape index (κ1) is 24.5. The van der Waals surface area contributed by atoms with Crippen molar-refractivity contribution in [2.45, 2.75) is 57.7 Å². The second kappa shape index (κ2) is 10.0. The van der Waals surface area contributed by atoms with E-state index in [0.29, 0.717) is 25.1 Å². The summed E-state index contributed by atoms with van der Waals surface area (Å²) in [6, 6.07) is 2.55. The highest BCUT2D eigenvalue weighted by Gasteiger charge is 2.58. The van der Waals surface area contributed by atoms with Gasteiger partial charge in [0.15, 0.2) is 0 Å². The summed E-state index contributed by atoms with van der Waals surface area (Å²) < 4.78 is 3.59. The molecule has 0 unspecified atom stereocenters. The number of likely N-dealkylation sites (tertiary alicyclic amines) is 1. The van der Waals surface area contributed by atoms with Crippen LogP contribution in [0.5, 0.6) is 0 Å². The van der Waals surface area contributed by atoms with E-state index >= 15 is 0 Å². The van der Waals surface area contributed by atoms with E-state index in [4.69, 9.17) is 0 Å². The van der Waals surface area contributed by atoms with Gasteiger partial charge < -0.3 is 24.5 Å². The van der Waals surface area contributed by atoms with Crippen molar-refractivity contribution in [3.63, 3.8) is 0 Å². The Labute approximate surface area is 210 Å². The number of carbonyl (C=O) groups is 2. The van der Waals surface area contributed by atoms with Gasteiger partial charge in [-0.15, -0.1) is 0 Å². The van der Waals surface area contributed by atoms with Crippen molar-refractivity contribution >= 4 is 17.9 Å². The zero-order valence-electron chi connectivity index (χ0n) is 21.0. The van der Waals surface area contributed by atoms with Crippen molar-refractivity contribution in [2.75, 3.05) is 13.2 Å². The molecular formula is C27H35N5O4. The highest BCUT2D eigenvalue weighted by Crippen LogP contribution is 2.50. The number of aromatic nitrogens is 3. The first-order chi connectivity index (χ1) is 17.4. The standard InChI is InChI=1S/C27H35N5O4/c1-3-6-17-9-10-22-23-20(14-31(22)26(17)35)21(15-33)24(32(23)27(36)18-7-4-5-8-18)25(34)28-12-11-19-13-30(2)16-29-19/h3,6,9-10,13,16,18,20-21,23-24,33H,4-5,7-8,11-12,14-15H2,1-2H3,(H,28,34)/b6-3-/t20-,21-,23+,24-/m1/s1. The first-order valence-corrected chi connectivity index (χ1v) is 13.0. The molecule has 2 N–H and O–H groups in total. The molecule has 9 nitrogen and oxygen atoms in total. The van der Waals surface area contributed by atoms with Crippen LogP contribution in [-0.2, 0) is 29.6 Å². The number of rotatable bonds is 7. The first-order valence-electron chi connectivity index (χ1n) is 13.0. The van der Waals surface area contributed by atoms with Crippen LogP contribution in [0.25, 0.3) is 6.08 Å². The molecule has 1 aliphatic carbocycles. The van der Waals surface area contributed by atoms with Crippen LogP contribution in [0.4, 0.5) is 0 Å². The predicted molar refractivity (Wildman–Crippen MR) is 135 cm³/mol. The lowest BCUT2D eigenvalue weighted by Gasteiger charge is -2.33. The molecule has 3 aliphatic rings. The monoisotopic (exact) mass is 493 g/mol. The Morgan fingerprint density at radius 2 is 2.03 bits per heavy atom. The summed E-state index contributed by atoms with van der Waals surface area (Å²) in [6.07, 6.45) is 11.5. The number of aliphatic hydroxyl groups is 1. The van der Waals surface area contributed by atoms with Gasteiger partial charge >= 0.3 is 0 Å². The number of allylic oxidation sites excluding steroid dienone is 1. The Balaban J connectivity index is 1.46. The lowest BCUT2D eigenvalue weighted by atomic mass is 9.88. The minimum atomic E-state index is -0.763. The van der Waals surface area contributed by atoms with Gasteiger partial charge in [-0.1, -0.05) is 25.0 Å². The molecule has 0 radical (unpaired) electrons. The summed E-state index contributed by atoms with van der Waals surface area (Å²) >= 11 is 0. The molecule has 0 spiro atoms. The van der Waals surface area contributed by atoms with Crippen molar-refractivity contribution in [1.82, 2.24) is 24.3 Å². The highest BCUT2D eigenvalue weighted by molar-refractivity contribution is 5.90. The maximum absolute atomic E-state index is 13.9. The van der Waals surface area contributed by atoms with Crippen LogP contribution in [0.1, 0.15) is 55.6 Å². The van der Waals surface area contributed by atoms with Gasteiger partial charge in [0, 0.05) is 68.4 Å². The largest absolute Gasteiger partial charge is 0.396 e. The molecule has 2 amide bonds. The topological polar surface area (TPSA) is 109 Å². The number of nitrogens with zero attached hydrogens (tertiary/aromatic N) is 4. The molecular weight excluding hydrogens is 458 g/mol. The number of imidazole rings is 1. The van der Waals surface area contributed by atoms with E-state index in [1.165, 1.54) is 0 Å². The van der Waals surface area contributed by atoms with Gasteiger partial charge in [0.05, 0.1) is 18.1 Å². The Hall–Kier alpha value is -3.20. The Kier molecular flexibility index (Phi) is 6.83. The normalized spacial score (nSPS) is 25.5.